The highest BCUT2D eigenvalue weighted by atomic mass is 32.1. The second-order valence-corrected chi connectivity index (χ2v) is 6.44. The normalized spacial score (nSPS) is 14.2. The monoisotopic (exact) mass is 320 g/mol. The molecule has 0 radical (unpaired) electrons. The maximum Gasteiger partial charge on any atom is 0.253 e. The maximum atomic E-state index is 12.2. The first-order valence-electron chi connectivity index (χ1n) is 7.42. The van der Waals surface area contributed by atoms with Crippen LogP contribution >= 0.6 is 11.3 Å². The van der Waals surface area contributed by atoms with E-state index >= 15 is 0 Å². The molecule has 0 atom stereocenters. The maximum absolute atomic E-state index is 12.2. The first kappa shape index (κ1) is 12.8. The number of carbonyl (C=O) groups excluding carboxylic acids is 1. The lowest BCUT2D eigenvalue weighted by molar-refractivity contribution is 0.0956. The lowest BCUT2D eigenvalue weighted by Gasteiger charge is -2.07. The van der Waals surface area contributed by atoms with Gasteiger partial charge in [0.05, 0.1) is 32.3 Å². The summed E-state index contributed by atoms with van der Waals surface area (Å²) in [5, 5.41) is 2.95. The van der Waals surface area contributed by atoms with E-state index in [1.807, 2.05) is 35.8 Å². The number of nitrogens with one attached hydrogen (secondary N) is 1. The third-order valence-corrected chi connectivity index (χ3v) is 5.01. The fourth-order valence-corrected chi connectivity index (χ4v) is 3.89. The summed E-state index contributed by atoms with van der Waals surface area (Å²) >= 11 is 1.62. The quantitative estimate of drug-likeness (QED) is 0.586. The topological polar surface area (TPSA) is 59.8 Å². The molecule has 0 unspecified atom stereocenters. The summed E-state index contributed by atoms with van der Waals surface area (Å²) < 4.78 is 3.29. The molecule has 0 spiro atoms. The summed E-state index contributed by atoms with van der Waals surface area (Å²) in [6.07, 6.45) is 0. The summed E-state index contributed by atoms with van der Waals surface area (Å²) in [5.41, 5.74) is 6.38. The molecule has 2 aromatic carbocycles. The van der Waals surface area contributed by atoms with Crippen LogP contribution in [0.15, 0.2) is 41.9 Å². The Bertz CT molecular complexity index is 1080. The largest absolute Gasteiger partial charge is 0.350 e. The standard InChI is InChI=1S/C17H12N4OS/c22-17-11-2-1-3-13-15(11)21(7-6-18-17)16(20-13)10-4-5-12-14(8-10)23-9-19-12/h1-5,8-9H,6-7H2,(H,18,22). The number of hydrogen-bond acceptors (Lipinski definition) is 4. The van der Waals surface area contributed by atoms with Gasteiger partial charge >= 0.3 is 0 Å². The Morgan fingerprint density at radius 1 is 1.17 bits per heavy atom. The Kier molecular flexibility index (Phi) is 2.57. The molecule has 1 N–H and O–H groups in total. The molecule has 0 saturated carbocycles. The number of imidazole rings is 1. The molecule has 5 nitrogen and oxygen atoms in total. The first-order chi connectivity index (χ1) is 11.3. The smallest absolute Gasteiger partial charge is 0.253 e. The van der Waals surface area contributed by atoms with E-state index in [2.05, 4.69) is 20.9 Å². The number of thiazole rings is 1. The molecule has 0 fully saturated rings. The van der Waals surface area contributed by atoms with Gasteiger partial charge in [0.2, 0.25) is 0 Å². The molecule has 6 heteroatoms. The van der Waals surface area contributed by atoms with E-state index in [1.165, 1.54) is 0 Å². The van der Waals surface area contributed by atoms with Crippen LogP contribution in [0.3, 0.4) is 0 Å². The molecule has 2 aromatic heterocycles. The van der Waals surface area contributed by atoms with Gasteiger partial charge in [0.15, 0.2) is 0 Å². The van der Waals surface area contributed by atoms with Gasteiger partial charge in [-0.05, 0) is 30.3 Å². The van der Waals surface area contributed by atoms with E-state index in [4.69, 9.17) is 4.98 Å². The molecule has 0 bridgehead atoms. The molecule has 1 aliphatic rings. The fourth-order valence-electron chi connectivity index (χ4n) is 3.18. The summed E-state index contributed by atoms with van der Waals surface area (Å²) in [4.78, 5) is 21.3. The van der Waals surface area contributed by atoms with Crippen molar-refractivity contribution in [3.63, 3.8) is 0 Å². The highest BCUT2D eigenvalue weighted by molar-refractivity contribution is 7.16. The van der Waals surface area contributed by atoms with Crippen LogP contribution in [0.25, 0.3) is 32.6 Å². The highest BCUT2D eigenvalue weighted by Gasteiger charge is 2.21. The summed E-state index contributed by atoms with van der Waals surface area (Å²) in [6.45, 7) is 1.32. The molecule has 4 aromatic rings. The lowest BCUT2D eigenvalue weighted by Crippen LogP contribution is -2.24. The lowest BCUT2D eigenvalue weighted by atomic mass is 10.1. The van der Waals surface area contributed by atoms with Crippen LogP contribution in [0.5, 0.6) is 0 Å². The van der Waals surface area contributed by atoms with E-state index in [0.717, 1.165) is 39.2 Å². The molecule has 1 aliphatic heterocycles. The van der Waals surface area contributed by atoms with Crippen molar-refractivity contribution in [3.05, 3.63) is 47.5 Å². The van der Waals surface area contributed by atoms with Crippen molar-refractivity contribution < 1.29 is 4.79 Å². The SMILES string of the molecule is O=C1NCCn2c(-c3ccc4ncsc4c3)nc3cccc1c32. The number of amides is 1. The minimum absolute atomic E-state index is 0.0290. The zero-order valence-electron chi connectivity index (χ0n) is 12.1. The van der Waals surface area contributed by atoms with Crippen molar-refractivity contribution in [1.29, 1.82) is 0 Å². The van der Waals surface area contributed by atoms with Crippen molar-refractivity contribution in [3.8, 4) is 11.4 Å². The van der Waals surface area contributed by atoms with Gasteiger partial charge in [-0.3, -0.25) is 4.79 Å². The second kappa shape index (κ2) is 4.63. The van der Waals surface area contributed by atoms with Crippen molar-refractivity contribution in [2.45, 2.75) is 6.54 Å². The number of para-hydroxylation sites is 1. The van der Waals surface area contributed by atoms with Crippen molar-refractivity contribution in [2.75, 3.05) is 6.54 Å². The summed E-state index contributed by atoms with van der Waals surface area (Å²) in [7, 11) is 0. The van der Waals surface area contributed by atoms with Crippen LogP contribution in [0.1, 0.15) is 10.4 Å². The highest BCUT2D eigenvalue weighted by Crippen LogP contribution is 2.30. The number of aromatic nitrogens is 3. The molecular formula is C17H12N4OS. The average Bonchev–Trinajstić information content (AvgIpc) is 3.13. The van der Waals surface area contributed by atoms with E-state index in [1.54, 1.807) is 11.3 Å². The molecule has 3 heterocycles. The second-order valence-electron chi connectivity index (χ2n) is 5.55. The summed E-state index contributed by atoms with van der Waals surface area (Å²) in [5.74, 6) is 0.873. The van der Waals surface area contributed by atoms with E-state index in [-0.39, 0.29) is 5.91 Å². The number of carbonyl (C=O) groups is 1. The van der Waals surface area contributed by atoms with E-state index in [9.17, 15) is 4.79 Å². The molecule has 112 valence electrons. The van der Waals surface area contributed by atoms with E-state index < -0.39 is 0 Å². The van der Waals surface area contributed by atoms with Crippen LogP contribution in [-0.2, 0) is 6.54 Å². The van der Waals surface area contributed by atoms with Crippen LogP contribution in [-0.4, -0.2) is 27.0 Å². The molecule has 1 amide bonds. The van der Waals surface area contributed by atoms with Gasteiger partial charge in [-0.2, -0.15) is 0 Å². The molecule has 5 rings (SSSR count). The average molecular weight is 320 g/mol. The van der Waals surface area contributed by atoms with Crippen LogP contribution in [0.4, 0.5) is 0 Å². The molecule has 0 saturated heterocycles. The third-order valence-electron chi connectivity index (χ3n) is 4.22. The van der Waals surface area contributed by atoms with Gasteiger partial charge in [0.25, 0.3) is 5.91 Å². The zero-order valence-corrected chi connectivity index (χ0v) is 12.9. The predicted octanol–water partition coefficient (Wildman–Crippen LogP) is 3.06. The van der Waals surface area contributed by atoms with Crippen molar-refractivity contribution in [2.24, 2.45) is 0 Å². The molecule has 0 aliphatic carbocycles. The molecular weight excluding hydrogens is 308 g/mol. The van der Waals surface area contributed by atoms with Gasteiger partial charge in [-0.1, -0.05) is 6.07 Å². The molecule has 23 heavy (non-hydrogen) atoms. The minimum Gasteiger partial charge on any atom is -0.350 e. The Labute approximate surface area is 135 Å². The van der Waals surface area contributed by atoms with Crippen LogP contribution < -0.4 is 5.32 Å². The summed E-state index contributed by atoms with van der Waals surface area (Å²) in [6, 6.07) is 11.9. The first-order valence-corrected chi connectivity index (χ1v) is 8.30. The Morgan fingerprint density at radius 2 is 2.13 bits per heavy atom. The minimum atomic E-state index is -0.0290. The zero-order chi connectivity index (χ0) is 15.4. The number of nitrogens with zero attached hydrogens (tertiary/aromatic N) is 3. The Morgan fingerprint density at radius 3 is 3.09 bits per heavy atom. The number of benzene rings is 2. The van der Waals surface area contributed by atoms with E-state index in [0.29, 0.717) is 12.1 Å². The fraction of sp³-hybridized carbons (Fsp3) is 0.118. The van der Waals surface area contributed by atoms with Gasteiger partial charge < -0.3 is 9.88 Å². The Balaban J connectivity index is 1.83. The number of hydrogen-bond donors (Lipinski definition) is 1. The van der Waals surface area contributed by atoms with Crippen molar-refractivity contribution >= 4 is 38.5 Å². The van der Waals surface area contributed by atoms with Crippen molar-refractivity contribution in [1.82, 2.24) is 19.9 Å². The van der Waals surface area contributed by atoms with Gasteiger partial charge in [-0.15, -0.1) is 11.3 Å². The van der Waals surface area contributed by atoms with Gasteiger partial charge in [-0.25, -0.2) is 9.97 Å². The number of fused-ring (bicyclic) bond motifs is 1. The third kappa shape index (κ3) is 1.82. The van der Waals surface area contributed by atoms with Gasteiger partial charge in [0, 0.05) is 18.7 Å². The van der Waals surface area contributed by atoms with Crippen LogP contribution in [0, 0.1) is 0 Å². The number of rotatable bonds is 1. The van der Waals surface area contributed by atoms with Gasteiger partial charge in [0.1, 0.15) is 5.82 Å². The van der Waals surface area contributed by atoms with Crippen LogP contribution in [0.2, 0.25) is 0 Å². The Hall–Kier alpha value is -2.73. The predicted molar refractivity (Wildman–Crippen MR) is 90.7 cm³/mol.